The van der Waals surface area contributed by atoms with E-state index >= 15 is 0 Å². The van der Waals surface area contributed by atoms with Crippen LogP contribution in [-0.4, -0.2) is 10.8 Å². The summed E-state index contributed by atoms with van der Waals surface area (Å²) in [6.07, 6.45) is 8.83. The number of hydrogen-bond donors (Lipinski definition) is 0. The molecule has 1 aromatic heterocycles. The molecule has 0 saturated heterocycles. The summed E-state index contributed by atoms with van der Waals surface area (Å²) in [6.45, 7) is 2.53. The van der Waals surface area contributed by atoms with Crippen LogP contribution in [0.5, 0.6) is 0 Å². The molecule has 19 heavy (non-hydrogen) atoms. The van der Waals surface area contributed by atoms with E-state index in [9.17, 15) is 4.79 Å². The van der Waals surface area contributed by atoms with E-state index in [1.54, 1.807) is 6.20 Å². The first-order valence-corrected chi connectivity index (χ1v) is 6.72. The Morgan fingerprint density at radius 2 is 2.05 bits per heavy atom. The lowest BCUT2D eigenvalue weighted by Crippen LogP contribution is -2.38. The zero-order valence-electron chi connectivity index (χ0n) is 11.2. The van der Waals surface area contributed by atoms with Crippen molar-refractivity contribution in [3.63, 3.8) is 0 Å². The van der Waals surface area contributed by atoms with Crippen molar-refractivity contribution in [1.29, 1.82) is 0 Å². The molecule has 98 valence electrons. The van der Waals surface area contributed by atoms with E-state index in [1.807, 2.05) is 47.3 Å². The monoisotopic (exact) mass is 255 g/mol. The van der Waals surface area contributed by atoms with Gasteiger partial charge in [0.25, 0.3) is 0 Å². The average molecular weight is 255 g/mol. The molecule has 0 aliphatic heterocycles. The van der Waals surface area contributed by atoms with Crippen LogP contribution >= 0.6 is 0 Å². The zero-order valence-corrected chi connectivity index (χ0v) is 11.2. The van der Waals surface area contributed by atoms with Crippen molar-refractivity contribution in [2.45, 2.75) is 32.7 Å². The van der Waals surface area contributed by atoms with Crippen LogP contribution in [0.2, 0.25) is 0 Å². The number of aryl methyl sites for hydroxylation is 1. The molecular weight excluding hydrogens is 236 g/mol. The van der Waals surface area contributed by atoms with Crippen LogP contribution in [-0.2, 0) is 13.0 Å². The summed E-state index contributed by atoms with van der Waals surface area (Å²) in [5.74, 6) is 0.123. The predicted octanol–water partition coefficient (Wildman–Crippen LogP) is 2.59. The third kappa shape index (κ3) is 3.98. The Kier molecular flexibility index (Phi) is 4.78. The van der Waals surface area contributed by atoms with Gasteiger partial charge in [-0.15, -0.1) is 0 Å². The standard InChI is InChI=1S/C16H19N2O/c1-2-3-9-15-12-18(11-10-17-15)13-16(19)14-7-5-4-6-8-14/h4-8,10-12H,2-3,9,13H2,1H3/q+1. The highest BCUT2D eigenvalue weighted by atomic mass is 16.1. The summed E-state index contributed by atoms with van der Waals surface area (Å²) in [4.78, 5) is 16.4. The first kappa shape index (κ1) is 13.4. The summed E-state index contributed by atoms with van der Waals surface area (Å²) in [7, 11) is 0. The van der Waals surface area contributed by atoms with Crippen LogP contribution in [0.3, 0.4) is 0 Å². The fourth-order valence-corrected chi connectivity index (χ4v) is 1.95. The minimum Gasteiger partial charge on any atom is -0.287 e. The van der Waals surface area contributed by atoms with Gasteiger partial charge in [-0.3, -0.25) is 4.79 Å². The van der Waals surface area contributed by atoms with Crippen molar-refractivity contribution >= 4 is 5.78 Å². The van der Waals surface area contributed by atoms with E-state index in [1.165, 1.54) is 0 Å². The molecule has 0 aliphatic rings. The number of aromatic nitrogens is 2. The highest BCUT2D eigenvalue weighted by molar-refractivity contribution is 5.94. The van der Waals surface area contributed by atoms with Gasteiger partial charge in [0, 0.05) is 5.56 Å². The zero-order chi connectivity index (χ0) is 13.5. The number of unbranched alkanes of at least 4 members (excludes halogenated alkanes) is 1. The smallest absolute Gasteiger partial charge is 0.227 e. The highest BCUT2D eigenvalue weighted by Gasteiger charge is 2.12. The van der Waals surface area contributed by atoms with E-state index in [4.69, 9.17) is 0 Å². The minimum atomic E-state index is 0.123. The van der Waals surface area contributed by atoms with E-state index < -0.39 is 0 Å². The van der Waals surface area contributed by atoms with Crippen LogP contribution in [0.15, 0.2) is 48.9 Å². The first-order chi connectivity index (χ1) is 9.29. The van der Waals surface area contributed by atoms with E-state index in [0.29, 0.717) is 6.54 Å². The van der Waals surface area contributed by atoms with Crippen molar-refractivity contribution < 1.29 is 9.36 Å². The molecule has 0 fully saturated rings. The molecule has 0 unspecified atom stereocenters. The second kappa shape index (κ2) is 6.78. The third-order valence-electron chi connectivity index (χ3n) is 3.02. The molecule has 0 atom stereocenters. The lowest BCUT2D eigenvalue weighted by Gasteiger charge is -2.00. The van der Waals surface area contributed by atoms with Gasteiger partial charge in [0.1, 0.15) is 5.69 Å². The number of nitrogens with zero attached hydrogens (tertiary/aromatic N) is 2. The van der Waals surface area contributed by atoms with Gasteiger partial charge in [-0.25, -0.2) is 4.98 Å². The summed E-state index contributed by atoms with van der Waals surface area (Å²) in [5, 5.41) is 0. The van der Waals surface area contributed by atoms with Crippen molar-refractivity contribution in [3.8, 4) is 0 Å². The Hall–Kier alpha value is -2.03. The predicted molar refractivity (Wildman–Crippen MR) is 73.8 cm³/mol. The molecule has 0 radical (unpaired) electrons. The topological polar surface area (TPSA) is 33.8 Å². The van der Waals surface area contributed by atoms with E-state index in [-0.39, 0.29) is 5.78 Å². The summed E-state index contributed by atoms with van der Waals surface area (Å²) in [5.41, 5.74) is 1.80. The number of hydrogen-bond acceptors (Lipinski definition) is 2. The number of rotatable bonds is 6. The van der Waals surface area contributed by atoms with Crippen LogP contribution in [0.1, 0.15) is 35.8 Å². The fraction of sp³-hybridized carbons (Fsp3) is 0.312. The lowest BCUT2D eigenvalue weighted by molar-refractivity contribution is -0.684. The molecule has 0 saturated carbocycles. The van der Waals surface area contributed by atoms with Crippen molar-refractivity contribution in [3.05, 3.63) is 60.2 Å². The van der Waals surface area contributed by atoms with Gasteiger partial charge < -0.3 is 0 Å². The lowest BCUT2D eigenvalue weighted by atomic mass is 10.1. The number of carbonyl (C=O) groups is 1. The van der Waals surface area contributed by atoms with Gasteiger partial charge in [0.15, 0.2) is 12.4 Å². The van der Waals surface area contributed by atoms with Gasteiger partial charge in [-0.2, -0.15) is 4.57 Å². The van der Waals surface area contributed by atoms with Crippen LogP contribution in [0.4, 0.5) is 0 Å². The number of carbonyl (C=O) groups excluding carboxylic acids is 1. The summed E-state index contributed by atoms with van der Waals surface area (Å²) >= 11 is 0. The van der Waals surface area contributed by atoms with Crippen molar-refractivity contribution in [2.75, 3.05) is 0 Å². The van der Waals surface area contributed by atoms with Crippen LogP contribution in [0, 0.1) is 0 Å². The van der Waals surface area contributed by atoms with Crippen molar-refractivity contribution in [2.24, 2.45) is 0 Å². The maximum atomic E-state index is 12.1. The summed E-state index contributed by atoms with van der Waals surface area (Å²) in [6, 6.07) is 9.39. The molecule has 0 bridgehead atoms. The molecule has 3 heteroatoms. The van der Waals surface area contributed by atoms with E-state index in [2.05, 4.69) is 11.9 Å². The molecule has 0 aliphatic carbocycles. The third-order valence-corrected chi connectivity index (χ3v) is 3.02. The second-order valence-electron chi connectivity index (χ2n) is 4.61. The highest BCUT2D eigenvalue weighted by Crippen LogP contribution is 2.01. The average Bonchev–Trinajstić information content (AvgIpc) is 2.46. The normalized spacial score (nSPS) is 10.4. The Labute approximate surface area is 113 Å². The van der Waals surface area contributed by atoms with Gasteiger partial charge in [0.2, 0.25) is 12.3 Å². The van der Waals surface area contributed by atoms with Gasteiger partial charge >= 0.3 is 0 Å². The molecule has 1 heterocycles. The second-order valence-corrected chi connectivity index (χ2v) is 4.61. The molecule has 0 spiro atoms. The molecule has 2 aromatic rings. The molecule has 3 nitrogen and oxygen atoms in total. The number of Topliss-reactive ketones (excluding diaryl/α,β-unsaturated/α-hetero) is 1. The first-order valence-electron chi connectivity index (χ1n) is 6.72. The molecule has 0 N–H and O–H groups in total. The fourth-order valence-electron chi connectivity index (χ4n) is 1.95. The molecule has 1 aromatic carbocycles. The van der Waals surface area contributed by atoms with Crippen LogP contribution < -0.4 is 4.57 Å². The number of ketones is 1. The number of benzene rings is 1. The SMILES string of the molecule is CCCCc1c[n+](CC(=O)c2ccccc2)ccn1. The van der Waals surface area contributed by atoms with Gasteiger partial charge in [-0.1, -0.05) is 43.7 Å². The Morgan fingerprint density at radius 1 is 1.26 bits per heavy atom. The van der Waals surface area contributed by atoms with Crippen LogP contribution in [0.25, 0.3) is 0 Å². The Morgan fingerprint density at radius 3 is 2.79 bits per heavy atom. The quantitative estimate of drug-likeness (QED) is 0.587. The Bertz CT molecular complexity index is 537. The maximum absolute atomic E-state index is 12.1. The summed E-state index contributed by atoms with van der Waals surface area (Å²) < 4.78 is 1.91. The Balaban J connectivity index is 2.05. The van der Waals surface area contributed by atoms with Gasteiger partial charge in [-0.05, 0) is 12.8 Å². The maximum Gasteiger partial charge on any atom is 0.227 e. The molecular formula is C16H19N2O+. The molecule has 0 amide bonds. The van der Waals surface area contributed by atoms with Crippen molar-refractivity contribution in [1.82, 2.24) is 4.98 Å². The van der Waals surface area contributed by atoms with Gasteiger partial charge in [0.05, 0.1) is 6.20 Å². The molecule has 2 rings (SSSR count). The largest absolute Gasteiger partial charge is 0.287 e. The minimum absolute atomic E-state index is 0.123. The van der Waals surface area contributed by atoms with E-state index in [0.717, 1.165) is 30.5 Å².